The van der Waals surface area contributed by atoms with Gasteiger partial charge >= 0.3 is 0 Å². The fourth-order valence-electron chi connectivity index (χ4n) is 3.40. The molecule has 1 aliphatic rings. The largest absolute Gasteiger partial charge is 0.330 e. The van der Waals surface area contributed by atoms with Crippen LogP contribution in [0, 0.1) is 0 Å². The number of allylic oxidation sites excluding steroid dienone is 4. The molecular weight excluding hydrogens is 309 g/mol. The molecule has 2 aromatic carbocycles. The lowest BCUT2D eigenvalue weighted by atomic mass is 9.86. The fourth-order valence-corrected chi connectivity index (χ4v) is 3.40. The van der Waals surface area contributed by atoms with Gasteiger partial charge in [-0.2, -0.15) is 0 Å². The molecule has 0 aromatic heterocycles. The Labute approximate surface area is 150 Å². The highest BCUT2D eigenvalue weighted by molar-refractivity contribution is 5.76. The molecule has 0 heterocycles. The Morgan fingerprint density at radius 2 is 1.60 bits per heavy atom. The van der Waals surface area contributed by atoms with Crippen LogP contribution in [-0.2, 0) is 12.8 Å². The van der Waals surface area contributed by atoms with Crippen molar-refractivity contribution in [3.8, 4) is 0 Å². The van der Waals surface area contributed by atoms with E-state index in [1.54, 1.807) is 6.08 Å². The first-order valence-corrected chi connectivity index (χ1v) is 9.16. The average molecular weight is 335 g/mol. The summed E-state index contributed by atoms with van der Waals surface area (Å²) in [4.78, 5) is 0. The zero-order valence-corrected chi connectivity index (χ0v) is 14.8. The Hall–Kier alpha value is -2.19. The number of rotatable bonds is 6. The van der Waals surface area contributed by atoms with Gasteiger partial charge in [0, 0.05) is 5.92 Å². The molecule has 0 fully saturated rings. The van der Waals surface area contributed by atoms with E-state index in [1.165, 1.54) is 11.1 Å². The highest BCUT2D eigenvalue weighted by atomic mass is 19.1. The lowest BCUT2D eigenvalue weighted by Crippen LogP contribution is -2.05. The zero-order valence-electron chi connectivity index (χ0n) is 14.8. The molecule has 0 amide bonds. The Kier molecular flexibility index (Phi) is 5.83. The van der Waals surface area contributed by atoms with Crippen LogP contribution < -0.4 is 5.73 Å². The van der Waals surface area contributed by atoms with Gasteiger partial charge < -0.3 is 5.73 Å². The molecule has 0 radical (unpaired) electrons. The molecule has 25 heavy (non-hydrogen) atoms. The predicted octanol–water partition coefficient (Wildman–Crippen LogP) is 5.56. The first kappa shape index (κ1) is 17.6. The summed E-state index contributed by atoms with van der Waals surface area (Å²) in [6.45, 7) is 2.82. The molecule has 0 saturated heterocycles. The first-order chi connectivity index (χ1) is 12.2. The van der Waals surface area contributed by atoms with Crippen LogP contribution in [0.3, 0.4) is 0 Å². The lowest BCUT2D eigenvalue weighted by Gasteiger charge is -2.20. The smallest absolute Gasteiger partial charge is 0.108 e. The highest BCUT2D eigenvalue weighted by Gasteiger charge is 2.20. The Balaban J connectivity index is 1.73. The van der Waals surface area contributed by atoms with Crippen LogP contribution in [0.25, 0.3) is 5.57 Å². The van der Waals surface area contributed by atoms with Gasteiger partial charge in [-0.1, -0.05) is 68.0 Å². The van der Waals surface area contributed by atoms with Crippen LogP contribution in [0.4, 0.5) is 4.39 Å². The van der Waals surface area contributed by atoms with Crippen molar-refractivity contribution in [1.29, 1.82) is 0 Å². The van der Waals surface area contributed by atoms with Gasteiger partial charge in [0.05, 0.1) is 0 Å². The van der Waals surface area contributed by atoms with Crippen LogP contribution in [0.5, 0.6) is 0 Å². The van der Waals surface area contributed by atoms with Crippen molar-refractivity contribution in [1.82, 2.24) is 0 Å². The third kappa shape index (κ3) is 4.26. The highest BCUT2D eigenvalue weighted by Crippen LogP contribution is 2.36. The maximum absolute atomic E-state index is 14.7. The van der Waals surface area contributed by atoms with E-state index in [2.05, 4.69) is 49.4 Å². The molecule has 1 atom stereocenters. The summed E-state index contributed by atoms with van der Waals surface area (Å²) < 4.78 is 14.7. The maximum Gasteiger partial charge on any atom is 0.108 e. The topological polar surface area (TPSA) is 26.0 Å². The number of benzene rings is 2. The van der Waals surface area contributed by atoms with E-state index < -0.39 is 0 Å². The normalized spacial score (nSPS) is 17.2. The molecule has 1 aliphatic carbocycles. The summed E-state index contributed by atoms with van der Waals surface area (Å²) >= 11 is 0. The van der Waals surface area contributed by atoms with E-state index in [-0.39, 0.29) is 11.7 Å². The molecule has 0 spiro atoms. The first-order valence-electron chi connectivity index (χ1n) is 9.16. The van der Waals surface area contributed by atoms with Crippen LogP contribution in [0.15, 0.2) is 66.5 Å². The van der Waals surface area contributed by atoms with Gasteiger partial charge in [-0.3, -0.25) is 0 Å². The number of halogens is 1. The minimum atomic E-state index is -0.171. The van der Waals surface area contributed by atoms with Gasteiger partial charge in [0.1, 0.15) is 5.83 Å². The molecule has 0 bridgehead atoms. The van der Waals surface area contributed by atoms with E-state index in [1.807, 2.05) is 12.1 Å². The second-order valence-electron chi connectivity index (χ2n) is 6.70. The van der Waals surface area contributed by atoms with Gasteiger partial charge in [0.15, 0.2) is 0 Å². The lowest BCUT2D eigenvalue weighted by molar-refractivity contribution is 0.542. The minimum Gasteiger partial charge on any atom is -0.330 e. The third-order valence-corrected chi connectivity index (χ3v) is 4.84. The van der Waals surface area contributed by atoms with Crippen molar-refractivity contribution in [2.24, 2.45) is 5.73 Å². The number of nitrogens with two attached hydrogens (primary N) is 1. The SMILES string of the molecule is CCCc1ccc(C2=CCC(c3ccc(CCN)cc3)C(F)=C2)cc1. The summed E-state index contributed by atoms with van der Waals surface area (Å²) in [6.07, 6.45) is 7.63. The Morgan fingerprint density at radius 1 is 0.960 bits per heavy atom. The number of hydrogen-bond acceptors (Lipinski definition) is 1. The van der Waals surface area contributed by atoms with Crippen LogP contribution in [0.1, 0.15) is 47.9 Å². The standard InChI is InChI=1S/C23H26FN/c1-2-3-17-4-8-19(9-5-17)21-12-13-22(23(24)16-21)20-10-6-18(7-11-20)14-15-25/h4-12,16,22H,2-3,13-15,25H2,1H3. The van der Waals surface area contributed by atoms with Gasteiger partial charge in [-0.15, -0.1) is 0 Å². The van der Waals surface area contributed by atoms with Gasteiger partial charge in [0.2, 0.25) is 0 Å². The van der Waals surface area contributed by atoms with Crippen molar-refractivity contribution in [2.75, 3.05) is 6.54 Å². The molecule has 1 unspecified atom stereocenters. The minimum absolute atomic E-state index is 0.0540. The molecule has 3 rings (SSSR count). The van der Waals surface area contributed by atoms with E-state index in [0.717, 1.165) is 36.0 Å². The van der Waals surface area contributed by atoms with Crippen molar-refractivity contribution in [3.63, 3.8) is 0 Å². The summed E-state index contributed by atoms with van der Waals surface area (Å²) in [5, 5.41) is 0. The predicted molar refractivity (Wildman–Crippen MR) is 104 cm³/mol. The number of aryl methyl sites for hydroxylation is 1. The van der Waals surface area contributed by atoms with Crippen molar-refractivity contribution in [2.45, 2.75) is 38.5 Å². The van der Waals surface area contributed by atoms with E-state index in [9.17, 15) is 4.39 Å². The monoisotopic (exact) mass is 335 g/mol. The average Bonchev–Trinajstić information content (AvgIpc) is 2.64. The van der Waals surface area contributed by atoms with Crippen LogP contribution in [0.2, 0.25) is 0 Å². The second-order valence-corrected chi connectivity index (χ2v) is 6.70. The Morgan fingerprint density at radius 3 is 2.20 bits per heavy atom. The van der Waals surface area contributed by atoms with Crippen molar-refractivity contribution in [3.05, 3.63) is 88.8 Å². The van der Waals surface area contributed by atoms with Crippen LogP contribution in [-0.4, -0.2) is 6.54 Å². The molecule has 130 valence electrons. The van der Waals surface area contributed by atoms with E-state index >= 15 is 0 Å². The van der Waals surface area contributed by atoms with Gasteiger partial charge in [-0.25, -0.2) is 4.39 Å². The van der Waals surface area contributed by atoms with Gasteiger partial charge in [-0.05, 0) is 59.7 Å². The second kappa shape index (κ2) is 8.26. The number of hydrogen-bond donors (Lipinski definition) is 1. The Bertz CT molecular complexity index is 754. The van der Waals surface area contributed by atoms with E-state index in [4.69, 9.17) is 5.73 Å². The maximum atomic E-state index is 14.7. The van der Waals surface area contributed by atoms with Gasteiger partial charge in [0.25, 0.3) is 0 Å². The summed E-state index contributed by atoms with van der Waals surface area (Å²) in [5.41, 5.74) is 11.2. The summed E-state index contributed by atoms with van der Waals surface area (Å²) in [5.74, 6) is -0.225. The van der Waals surface area contributed by atoms with E-state index in [0.29, 0.717) is 13.0 Å². The fraction of sp³-hybridized carbons (Fsp3) is 0.304. The zero-order chi connectivity index (χ0) is 17.6. The summed E-state index contributed by atoms with van der Waals surface area (Å²) in [6, 6.07) is 16.7. The molecule has 2 N–H and O–H groups in total. The molecule has 0 aliphatic heterocycles. The quantitative estimate of drug-likeness (QED) is 0.734. The van der Waals surface area contributed by atoms with Crippen molar-refractivity contribution < 1.29 is 4.39 Å². The molecule has 2 aromatic rings. The molecular formula is C23H26FN. The van der Waals surface area contributed by atoms with Crippen molar-refractivity contribution >= 4 is 5.57 Å². The molecule has 1 nitrogen and oxygen atoms in total. The molecule has 0 saturated carbocycles. The third-order valence-electron chi connectivity index (χ3n) is 4.84. The molecule has 2 heteroatoms. The van der Waals surface area contributed by atoms with Crippen LogP contribution >= 0.6 is 0 Å². The summed E-state index contributed by atoms with van der Waals surface area (Å²) in [7, 11) is 0.